The number of hydrogen-bond acceptors (Lipinski definition) is 5. The van der Waals surface area contributed by atoms with Gasteiger partial charge in [0.25, 0.3) is 5.91 Å². The molecule has 3 atom stereocenters. The normalized spacial score (nSPS) is 21.1. The summed E-state index contributed by atoms with van der Waals surface area (Å²) < 4.78 is 0. The molecule has 1 aromatic heterocycles. The Kier molecular flexibility index (Phi) is 6.16. The number of rotatable bonds is 5. The zero-order chi connectivity index (χ0) is 26.3. The van der Waals surface area contributed by atoms with Gasteiger partial charge in [-0.3, -0.25) is 19.4 Å². The number of nitriles is 1. The Balaban J connectivity index is 1.48. The second-order valence-corrected chi connectivity index (χ2v) is 10.3. The predicted molar refractivity (Wildman–Crippen MR) is 140 cm³/mol. The van der Waals surface area contributed by atoms with Crippen molar-refractivity contribution in [3.05, 3.63) is 71.9 Å². The van der Waals surface area contributed by atoms with Crippen molar-refractivity contribution >= 4 is 34.3 Å². The van der Waals surface area contributed by atoms with Gasteiger partial charge in [0.1, 0.15) is 12.1 Å². The van der Waals surface area contributed by atoms with Crippen LogP contribution in [0.3, 0.4) is 0 Å². The Bertz CT molecular complexity index is 1440. The van der Waals surface area contributed by atoms with Crippen molar-refractivity contribution in [3.63, 3.8) is 0 Å². The topological polar surface area (TPSA) is 106 Å². The third-order valence-electron chi connectivity index (χ3n) is 7.55. The molecule has 1 fully saturated rings. The fourth-order valence-corrected chi connectivity index (χ4v) is 5.66. The van der Waals surface area contributed by atoms with Crippen molar-refractivity contribution in [1.82, 2.24) is 14.8 Å². The van der Waals surface area contributed by atoms with Crippen LogP contribution in [0.4, 0.5) is 5.69 Å². The molecule has 3 amide bonds. The maximum atomic E-state index is 14.1. The van der Waals surface area contributed by atoms with Gasteiger partial charge in [0.2, 0.25) is 11.8 Å². The smallest absolute Gasteiger partial charge is 0.256 e. The van der Waals surface area contributed by atoms with Gasteiger partial charge in [0.05, 0.1) is 22.6 Å². The number of hydrogen-bond donors (Lipinski definition) is 1. The van der Waals surface area contributed by atoms with E-state index in [4.69, 9.17) is 0 Å². The average molecular weight is 496 g/mol. The number of fused-ring (bicyclic) bond motifs is 3. The number of nitrogens with zero attached hydrogens (tertiary/aromatic N) is 4. The van der Waals surface area contributed by atoms with Crippen molar-refractivity contribution in [1.29, 1.82) is 5.26 Å². The highest BCUT2D eigenvalue weighted by Crippen LogP contribution is 2.46. The molecule has 1 saturated heterocycles. The molecule has 0 unspecified atom stereocenters. The zero-order valence-corrected chi connectivity index (χ0v) is 21.1. The quantitative estimate of drug-likeness (QED) is 0.580. The summed E-state index contributed by atoms with van der Waals surface area (Å²) in [6.07, 6.45) is 2.28. The third-order valence-corrected chi connectivity index (χ3v) is 7.55. The highest BCUT2D eigenvalue weighted by atomic mass is 16.2. The van der Waals surface area contributed by atoms with Crippen LogP contribution in [0, 0.1) is 17.2 Å². The molecule has 8 heteroatoms. The standard InChI is InChI=1S/C29H29N5O3/c1-18(2)14-24(33(3)26(35)21-10-6-8-19-9-7-13-31-25(19)21)27(36)34-17-29(15-20(34)16-30)22-11-4-5-12-23(22)32-28(29)37/h4-13,18,20,24H,14-15,17H2,1-3H3,(H,32,37)/t20-,24-,29-/m0/s1. The summed E-state index contributed by atoms with van der Waals surface area (Å²) >= 11 is 0. The zero-order valence-electron chi connectivity index (χ0n) is 21.1. The molecular formula is C29H29N5O3. The lowest BCUT2D eigenvalue weighted by Gasteiger charge is -2.33. The van der Waals surface area contributed by atoms with Crippen LogP contribution < -0.4 is 5.32 Å². The van der Waals surface area contributed by atoms with Crippen molar-refractivity contribution in [2.45, 2.75) is 44.2 Å². The predicted octanol–water partition coefficient (Wildman–Crippen LogP) is 3.74. The Hall–Kier alpha value is -4.25. The van der Waals surface area contributed by atoms with Crippen LogP contribution in [0.5, 0.6) is 0 Å². The second-order valence-electron chi connectivity index (χ2n) is 10.3. The molecule has 1 N–H and O–H groups in total. The van der Waals surface area contributed by atoms with Crippen LogP contribution in [0.15, 0.2) is 60.8 Å². The van der Waals surface area contributed by atoms with Gasteiger partial charge >= 0.3 is 0 Å². The molecule has 5 rings (SSSR count). The molecule has 0 aliphatic carbocycles. The van der Waals surface area contributed by atoms with Crippen LogP contribution in [-0.4, -0.2) is 58.2 Å². The van der Waals surface area contributed by atoms with Crippen LogP contribution in [0.1, 0.15) is 42.6 Å². The fraction of sp³-hybridized carbons (Fsp3) is 0.345. The number of benzene rings is 2. The van der Waals surface area contributed by atoms with E-state index in [1.54, 1.807) is 25.4 Å². The maximum Gasteiger partial charge on any atom is 0.256 e. The number of likely N-dealkylation sites (tertiary alicyclic amines) is 1. The fourth-order valence-electron chi connectivity index (χ4n) is 5.66. The van der Waals surface area contributed by atoms with Gasteiger partial charge in [0, 0.05) is 37.3 Å². The van der Waals surface area contributed by atoms with Crippen LogP contribution >= 0.6 is 0 Å². The molecule has 1 spiro atoms. The van der Waals surface area contributed by atoms with Crippen molar-refractivity contribution in [2.75, 3.05) is 18.9 Å². The number of anilines is 1. The number of likely N-dealkylation sites (N-methyl/N-ethyl adjacent to an activating group) is 1. The first-order valence-electron chi connectivity index (χ1n) is 12.5. The van der Waals surface area contributed by atoms with Crippen LogP contribution in [0.2, 0.25) is 0 Å². The Morgan fingerprint density at radius 1 is 1.19 bits per heavy atom. The Labute approximate surface area is 215 Å². The van der Waals surface area contributed by atoms with E-state index in [1.807, 2.05) is 56.3 Å². The maximum absolute atomic E-state index is 14.1. The number of amides is 3. The summed E-state index contributed by atoms with van der Waals surface area (Å²) in [5.41, 5.74) is 1.54. The summed E-state index contributed by atoms with van der Waals surface area (Å²) in [5.74, 6) is -0.716. The van der Waals surface area contributed by atoms with E-state index >= 15 is 0 Å². The van der Waals surface area contributed by atoms with E-state index in [2.05, 4.69) is 16.4 Å². The second kappa shape index (κ2) is 9.32. The molecule has 3 aromatic rings. The molecular weight excluding hydrogens is 466 g/mol. The molecule has 188 valence electrons. The van der Waals surface area contributed by atoms with E-state index in [9.17, 15) is 19.6 Å². The number of carbonyl (C=O) groups is 3. The Morgan fingerprint density at radius 3 is 2.70 bits per heavy atom. The number of nitrogens with one attached hydrogen (secondary N) is 1. The summed E-state index contributed by atoms with van der Waals surface area (Å²) in [7, 11) is 1.62. The summed E-state index contributed by atoms with van der Waals surface area (Å²) in [4.78, 5) is 48.3. The third kappa shape index (κ3) is 4.01. The average Bonchev–Trinajstić information content (AvgIpc) is 3.43. The lowest BCUT2D eigenvalue weighted by molar-refractivity contribution is -0.136. The highest BCUT2D eigenvalue weighted by molar-refractivity contribution is 6.08. The van der Waals surface area contributed by atoms with Gasteiger partial charge in [-0.15, -0.1) is 0 Å². The van der Waals surface area contributed by atoms with Crippen molar-refractivity contribution in [3.8, 4) is 6.07 Å². The van der Waals surface area contributed by atoms with Gasteiger partial charge in [-0.1, -0.05) is 50.2 Å². The minimum absolute atomic E-state index is 0.0966. The van der Waals surface area contributed by atoms with Gasteiger partial charge in [-0.25, -0.2) is 0 Å². The molecule has 2 aliphatic rings. The highest BCUT2D eigenvalue weighted by Gasteiger charge is 2.56. The number of carbonyl (C=O) groups excluding carboxylic acids is 3. The number of pyridine rings is 1. The van der Waals surface area contributed by atoms with E-state index in [1.165, 1.54) is 9.80 Å². The van der Waals surface area contributed by atoms with E-state index in [0.29, 0.717) is 23.2 Å². The monoisotopic (exact) mass is 495 g/mol. The van der Waals surface area contributed by atoms with Gasteiger partial charge in [-0.2, -0.15) is 5.26 Å². The van der Waals surface area contributed by atoms with Crippen LogP contribution in [0.25, 0.3) is 10.9 Å². The summed E-state index contributed by atoms with van der Waals surface area (Å²) in [6.45, 7) is 4.08. The lowest BCUT2D eigenvalue weighted by Crippen LogP contribution is -2.52. The van der Waals surface area contributed by atoms with E-state index in [-0.39, 0.29) is 36.6 Å². The van der Waals surface area contributed by atoms with Gasteiger partial charge < -0.3 is 15.1 Å². The van der Waals surface area contributed by atoms with E-state index in [0.717, 1.165) is 10.9 Å². The van der Waals surface area contributed by atoms with Gasteiger partial charge in [0.15, 0.2) is 0 Å². The largest absolute Gasteiger partial charge is 0.330 e. The lowest BCUT2D eigenvalue weighted by atomic mass is 9.80. The number of aromatic nitrogens is 1. The molecule has 2 aromatic carbocycles. The first-order chi connectivity index (χ1) is 17.8. The molecule has 0 bridgehead atoms. The first kappa shape index (κ1) is 24.4. The summed E-state index contributed by atoms with van der Waals surface area (Å²) in [6, 6.07) is 17.2. The van der Waals surface area contributed by atoms with E-state index < -0.39 is 17.5 Å². The first-order valence-corrected chi connectivity index (χ1v) is 12.5. The van der Waals surface area contributed by atoms with Gasteiger partial charge in [-0.05, 0) is 36.1 Å². The molecule has 37 heavy (non-hydrogen) atoms. The molecule has 8 nitrogen and oxygen atoms in total. The minimum atomic E-state index is -0.975. The van der Waals surface area contributed by atoms with Crippen molar-refractivity contribution in [2.24, 2.45) is 5.92 Å². The summed E-state index contributed by atoms with van der Waals surface area (Å²) in [5, 5.41) is 13.8. The molecule has 2 aliphatic heterocycles. The molecule has 3 heterocycles. The Morgan fingerprint density at radius 2 is 1.95 bits per heavy atom. The van der Waals surface area contributed by atoms with Crippen LogP contribution in [-0.2, 0) is 15.0 Å². The van der Waals surface area contributed by atoms with Crippen molar-refractivity contribution < 1.29 is 14.4 Å². The SMILES string of the molecule is CC(C)C[C@@H](C(=O)N1C[C@]2(C[C@H]1C#N)C(=O)Nc1ccccc12)N(C)C(=O)c1cccc2cccnc12. The number of para-hydroxylation sites is 2. The minimum Gasteiger partial charge on any atom is -0.330 e. The molecule has 0 saturated carbocycles. The molecule has 0 radical (unpaired) electrons.